The molecule has 0 bridgehead atoms. The molecular formula is C25H22N6S. The molecule has 2 aromatic carbocycles. The van der Waals surface area contributed by atoms with Crippen molar-refractivity contribution in [1.29, 1.82) is 0 Å². The fraction of sp³-hybridized carbons (Fsp3) is 0.160. The molecule has 3 aromatic heterocycles. The molecule has 0 unspecified atom stereocenters. The number of anilines is 1. The number of imidazole rings is 2. The van der Waals surface area contributed by atoms with Crippen LogP contribution >= 0.6 is 11.3 Å². The van der Waals surface area contributed by atoms with E-state index in [2.05, 4.69) is 61.9 Å². The highest BCUT2D eigenvalue weighted by Crippen LogP contribution is 2.30. The summed E-state index contributed by atoms with van der Waals surface area (Å²) in [6.07, 6.45) is 15.2. The second-order valence-corrected chi connectivity index (χ2v) is 9.11. The lowest BCUT2D eigenvalue weighted by atomic mass is 9.99. The summed E-state index contributed by atoms with van der Waals surface area (Å²) in [7, 11) is 0. The van der Waals surface area contributed by atoms with Crippen molar-refractivity contribution < 1.29 is 0 Å². The van der Waals surface area contributed by atoms with Crippen molar-refractivity contribution in [2.24, 2.45) is 0 Å². The van der Waals surface area contributed by atoms with Gasteiger partial charge in [0.25, 0.3) is 0 Å². The maximum Gasteiger partial charge on any atom is 0.185 e. The van der Waals surface area contributed by atoms with Crippen molar-refractivity contribution in [2.75, 3.05) is 11.4 Å². The van der Waals surface area contributed by atoms with Crippen LogP contribution in [0.25, 0.3) is 11.4 Å². The van der Waals surface area contributed by atoms with E-state index in [1.807, 2.05) is 42.0 Å². The number of aromatic nitrogens is 5. The first-order chi connectivity index (χ1) is 15.8. The summed E-state index contributed by atoms with van der Waals surface area (Å²) in [6, 6.07) is 15.3. The Hall–Kier alpha value is -3.71. The minimum atomic E-state index is 0.893. The Morgan fingerprint density at radius 3 is 2.34 bits per heavy atom. The third-order valence-corrected chi connectivity index (χ3v) is 6.99. The van der Waals surface area contributed by atoms with Crippen molar-refractivity contribution >= 4 is 16.5 Å². The first kappa shape index (κ1) is 19.0. The summed E-state index contributed by atoms with van der Waals surface area (Å²) in [5, 5.41) is 1.11. The average Bonchev–Trinajstić information content (AvgIpc) is 3.62. The van der Waals surface area contributed by atoms with Gasteiger partial charge in [0.15, 0.2) is 5.13 Å². The van der Waals surface area contributed by atoms with Gasteiger partial charge < -0.3 is 14.0 Å². The first-order valence-corrected chi connectivity index (χ1v) is 11.5. The predicted octanol–water partition coefficient (Wildman–Crippen LogP) is 4.67. The van der Waals surface area contributed by atoms with Crippen LogP contribution in [-0.4, -0.2) is 30.6 Å². The highest BCUT2D eigenvalue weighted by molar-refractivity contribution is 7.15. The Morgan fingerprint density at radius 2 is 1.59 bits per heavy atom. The molecule has 0 saturated heterocycles. The highest BCUT2D eigenvalue weighted by atomic mass is 32.1. The van der Waals surface area contributed by atoms with Crippen molar-refractivity contribution in [1.82, 2.24) is 24.1 Å². The van der Waals surface area contributed by atoms with Crippen LogP contribution in [0.15, 0.2) is 86.1 Å². The van der Waals surface area contributed by atoms with E-state index in [0.717, 1.165) is 42.4 Å². The molecule has 0 saturated carbocycles. The van der Waals surface area contributed by atoms with Gasteiger partial charge in [0.2, 0.25) is 0 Å². The van der Waals surface area contributed by atoms with Gasteiger partial charge in [-0.15, -0.1) is 11.3 Å². The molecule has 5 aromatic rings. The molecule has 0 fully saturated rings. The minimum Gasteiger partial charge on any atom is -0.343 e. The van der Waals surface area contributed by atoms with Crippen molar-refractivity contribution in [3.8, 4) is 11.4 Å². The van der Waals surface area contributed by atoms with E-state index in [0.29, 0.717) is 0 Å². The second kappa shape index (κ2) is 8.09. The monoisotopic (exact) mass is 438 g/mol. The summed E-state index contributed by atoms with van der Waals surface area (Å²) < 4.78 is 4.07. The Balaban J connectivity index is 1.16. The van der Waals surface area contributed by atoms with Gasteiger partial charge in [0.1, 0.15) is 0 Å². The summed E-state index contributed by atoms with van der Waals surface area (Å²) in [5.74, 6) is 0. The summed E-state index contributed by atoms with van der Waals surface area (Å²) in [4.78, 5) is 16.7. The molecule has 4 heterocycles. The molecule has 7 heteroatoms. The Kier molecular flexibility index (Phi) is 4.81. The maximum absolute atomic E-state index is 4.76. The Labute approximate surface area is 190 Å². The Bertz CT molecular complexity index is 1320. The second-order valence-electron chi connectivity index (χ2n) is 8.02. The minimum absolute atomic E-state index is 0.893. The molecule has 1 aliphatic rings. The van der Waals surface area contributed by atoms with Crippen LogP contribution in [0.2, 0.25) is 0 Å². The number of fused-ring (bicyclic) bond motifs is 1. The average molecular weight is 439 g/mol. The number of hydrogen-bond acceptors (Lipinski definition) is 5. The summed E-state index contributed by atoms with van der Waals surface area (Å²) in [6.45, 7) is 1.90. The first-order valence-electron chi connectivity index (χ1n) is 10.7. The topological polar surface area (TPSA) is 51.8 Å². The molecule has 0 spiro atoms. The molecule has 0 N–H and O–H groups in total. The van der Waals surface area contributed by atoms with Crippen LogP contribution in [0, 0.1) is 0 Å². The van der Waals surface area contributed by atoms with Gasteiger partial charge in [0, 0.05) is 66.7 Å². The molecular weight excluding hydrogens is 416 g/mol. The van der Waals surface area contributed by atoms with Crippen LogP contribution < -0.4 is 4.90 Å². The quantitative estimate of drug-likeness (QED) is 0.400. The van der Waals surface area contributed by atoms with Gasteiger partial charge in [-0.3, -0.25) is 0 Å². The van der Waals surface area contributed by atoms with Crippen LogP contribution in [0.5, 0.6) is 0 Å². The fourth-order valence-electron chi connectivity index (χ4n) is 4.20. The van der Waals surface area contributed by atoms with E-state index >= 15 is 0 Å². The normalized spacial score (nSPS) is 13.3. The number of benzene rings is 2. The molecule has 0 aliphatic carbocycles. The SMILES string of the molecule is c1cn(-c2ccc(Cc3cnc(N4CCc5ccc(-n6ccnc6)cc5C4)s3)cc2)cn1. The molecule has 1 aliphatic heterocycles. The fourth-order valence-corrected chi connectivity index (χ4v) is 5.17. The highest BCUT2D eigenvalue weighted by Gasteiger charge is 2.19. The Morgan fingerprint density at radius 1 is 0.844 bits per heavy atom. The molecule has 6 nitrogen and oxygen atoms in total. The van der Waals surface area contributed by atoms with E-state index < -0.39 is 0 Å². The molecule has 6 rings (SSSR count). The lowest BCUT2D eigenvalue weighted by molar-refractivity contribution is 0.727. The zero-order valence-corrected chi connectivity index (χ0v) is 18.3. The van der Waals surface area contributed by atoms with Crippen LogP contribution in [0.4, 0.5) is 5.13 Å². The molecule has 0 atom stereocenters. The number of nitrogens with zero attached hydrogens (tertiary/aromatic N) is 6. The van der Waals surface area contributed by atoms with Crippen molar-refractivity contribution in [3.63, 3.8) is 0 Å². The van der Waals surface area contributed by atoms with E-state index in [1.54, 1.807) is 17.5 Å². The van der Waals surface area contributed by atoms with Crippen molar-refractivity contribution in [2.45, 2.75) is 19.4 Å². The number of rotatable bonds is 5. The van der Waals surface area contributed by atoms with Crippen molar-refractivity contribution in [3.05, 3.63) is 108 Å². The van der Waals surface area contributed by atoms with Gasteiger partial charge in [-0.05, 0) is 47.4 Å². The summed E-state index contributed by atoms with van der Waals surface area (Å²) in [5.41, 5.74) is 6.37. The zero-order chi connectivity index (χ0) is 21.3. The van der Waals surface area contributed by atoms with Gasteiger partial charge in [-0.2, -0.15) is 0 Å². The van der Waals surface area contributed by atoms with Gasteiger partial charge in [0.05, 0.1) is 12.7 Å². The zero-order valence-electron chi connectivity index (χ0n) is 17.5. The van der Waals surface area contributed by atoms with E-state index in [-0.39, 0.29) is 0 Å². The third kappa shape index (κ3) is 3.71. The standard InChI is InChI=1S/C25H22N6S/c1-4-22(30-11-8-26-17-30)5-2-19(1)13-24-15-28-25(32-24)29-10-7-20-3-6-23(14-21(20)16-29)31-12-9-27-18-31/h1-6,8-9,11-12,14-15,17-18H,7,10,13,16H2. The van der Waals surface area contributed by atoms with Crippen LogP contribution in [0.3, 0.4) is 0 Å². The van der Waals surface area contributed by atoms with Crippen LogP contribution in [-0.2, 0) is 19.4 Å². The lowest BCUT2D eigenvalue weighted by Crippen LogP contribution is -2.30. The predicted molar refractivity (Wildman–Crippen MR) is 127 cm³/mol. The third-order valence-electron chi connectivity index (χ3n) is 5.93. The van der Waals surface area contributed by atoms with Gasteiger partial charge >= 0.3 is 0 Å². The number of hydrogen-bond donors (Lipinski definition) is 0. The smallest absolute Gasteiger partial charge is 0.185 e. The van der Waals surface area contributed by atoms with Crippen LogP contribution in [0.1, 0.15) is 21.6 Å². The largest absolute Gasteiger partial charge is 0.343 e. The molecule has 158 valence electrons. The molecule has 0 amide bonds. The number of thiazole rings is 1. The van der Waals surface area contributed by atoms with Gasteiger partial charge in [-0.1, -0.05) is 18.2 Å². The van der Waals surface area contributed by atoms with Gasteiger partial charge in [-0.25, -0.2) is 15.0 Å². The lowest BCUT2D eigenvalue weighted by Gasteiger charge is -2.28. The molecule has 32 heavy (non-hydrogen) atoms. The van der Waals surface area contributed by atoms with E-state index in [4.69, 9.17) is 4.98 Å². The summed E-state index contributed by atoms with van der Waals surface area (Å²) >= 11 is 1.80. The molecule has 0 radical (unpaired) electrons. The maximum atomic E-state index is 4.76. The van der Waals surface area contributed by atoms with E-state index in [1.165, 1.54) is 21.6 Å². The van der Waals surface area contributed by atoms with E-state index in [9.17, 15) is 0 Å².